The first kappa shape index (κ1) is 7.73. The van der Waals surface area contributed by atoms with Crippen molar-refractivity contribution in [2.75, 3.05) is 6.54 Å². The summed E-state index contributed by atoms with van der Waals surface area (Å²) in [6.45, 7) is 4.27. The van der Waals surface area contributed by atoms with Crippen LogP contribution in [0.4, 0.5) is 0 Å². The number of hydrogen-bond donors (Lipinski definition) is 0. The predicted octanol–water partition coefficient (Wildman–Crippen LogP) is 2.29. The summed E-state index contributed by atoms with van der Waals surface area (Å²) in [6, 6.07) is 10.0. The Kier molecular flexibility index (Phi) is 3.13. The average molecular weight is 145 g/mol. The fraction of sp³-hybridized carbons (Fsp3) is 0.100. The van der Waals surface area contributed by atoms with E-state index in [1.54, 1.807) is 6.08 Å². The molecule has 0 aliphatic heterocycles. The highest BCUT2D eigenvalue weighted by Crippen LogP contribution is 1.93. The molecule has 0 saturated carbocycles. The van der Waals surface area contributed by atoms with E-state index < -0.39 is 0 Å². The topological polar surface area (TPSA) is 12.4 Å². The van der Waals surface area contributed by atoms with Crippen LogP contribution in [-0.2, 0) is 0 Å². The Morgan fingerprint density at radius 1 is 1.27 bits per heavy atom. The number of hydrogen-bond acceptors (Lipinski definition) is 1. The molecule has 0 spiro atoms. The Labute approximate surface area is 67.1 Å². The highest BCUT2D eigenvalue weighted by molar-refractivity contribution is 5.79. The quantitative estimate of drug-likeness (QED) is 0.457. The molecule has 0 atom stereocenters. The Bertz CT molecular complexity index is 236. The van der Waals surface area contributed by atoms with Gasteiger partial charge in [-0.05, 0) is 5.56 Å². The van der Waals surface area contributed by atoms with Gasteiger partial charge in [-0.3, -0.25) is 4.99 Å². The summed E-state index contributed by atoms with van der Waals surface area (Å²) in [6.07, 6.45) is 3.63. The first-order valence-electron chi connectivity index (χ1n) is 3.59. The monoisotopic (exact) mass is 145 g/mol. The van der Waals surface area contributed by atoms with Crippen LogP contribution in [0.2, 0.25) is 0 Å². The minimum absolute atomic E-state index is 0.689. The third-order valence-electron chi connectivity index (χ3n) is 1.27. The van der Waals surface area contributed by atoms with Gasteiger partial charge in [-0.25, -0.2) is 0 Å². The molecule has 0 aliphatic rings. The standard InChI is InChI=1S/C10H11N/c1-2-8-11-9-10-6-4-3-5-7-10/h2-7,9H,1,8H2/b11-9-. The van der Waals surface area contributed by atoms with Crippen LogP contribution in [0.1, 0.15) is 5.56 Å². The molecule has 0 aliphatic carbocycles. The zero-order valence-corrected chi connectivity index (χ0v) is 6.40. The molecular weight excluding hydrogens is 134 g/mol. The molecule has 0 radical (unpaired) electrons. The van der Waals surface area contributed by atoms with Gasteiger partial charge < -0.3 is 0 Å². The zero-order chi connectivity index (χ0) is 7.94. The highest BCUT2D eigenvalue weighted by atomic mass is 14.7. The van der Waals surface area contributed by atoms with E-state index in [1.165, 1.54) is 0 Å². The summed E-state index contributed by atoms with van der Waals surface area (Å²) in [5, 5.41) is 0. The van der Waals surface area contributed by atoms with Crippen molar-refractivity contribution < 1.29 is 0 Å². The van der Waals surface area contributed by atoms with Gasteiger partial charge in [-0.2, -0.15) is 0 Å². The van der Waals surface area contributed by atoms with Crippen molar-refractivity contribution in [3.05, 3.63) is 48.6 Å². The molecule has 0 saturated heterocycles. The second-order valence-electron chi connectivity index (χ2n) is 2.19. The minimum Gasteiger partial charge on any atom is -0.288 e. The van der Waals surface area contributed by atoms with Crippen molar-refractivity contribution in [2.24, 2.45) is 4.99 Å². The van der Waals surface area contributed by atoms with Crippen LogP contribution in [0.25, 0.3) is 0 Å². The summed E-state index contributed by atoms with van der Waals surface area (Å²) in [4.78, 5) is 4.12. The van der Waals surface area contributed by atoms with Crippen molar-refractivity contribution in [3.63, 3.8) is 0 Å². The first-order valence-corrected chi connectivity index (χ1v) is 3.59. The summed E-state index contributed by atoms with van der Waals surface area (Å²) in [5.74, 6) is 0. The van der Waals surface area contributed by atoms with Gasteiger partial charge in [-0.1, -0.05) is 36.4 Å². The van der Waals surface area contributed by atoms with Crippen LogP contribution < -0.4 is 0 Å². The normalized spacial score (nSPS) is 10.2. The van der Waals surface area contributed by atoms with Gasteiger partial charge in [-0.15, -0.1) is 6.58 Å². The van der Waals surface area contributed by atoms with E-state index in [-0.39, 0.29) is 0 Å². The molecule has 1 nitrogen and oxygen atoms in total. The molecule has 0 amide bonds. The van der Waals surface area contributed by atoms with E-state index in [9.17, 15) is 0 Å². The molecule has 0 fully saturated rings. The van der Waals surface area contributed by atoms with E-state index in [1.807, 2.05) is 36.5 Å². The highest BCUT2D eigenvalue weighted by Gasteiger charge is 1.80. The molecule has 0 unspecified atom stereocenters. The lowest BCUT2D eigenvalue weighted by atomic mass is 10.2. The van der Waals surface area contributed by atoms with E-state index >= 15 is 0 Å². The van der Waals surface area contributed by atoms with Gasteiger partial charge in [0.2, 0.25) is 0 Å². The van der Waals surface area contributed by atoms with E-state index in [0.717, 1.165) is 5.56 Å². The largest absolute Gasteiger partial charge is 0.288 e. The fourth-order valence-corrected chi connectivity index (χ4v) is 0.772. The minimum atomic E-state index is 0.689. The molecule has 11 heavy (non-hydrogen) atoms. The second kappa shape index (κ2) is 4.45. The van der Waals surface area contributed by atoms with Crippen molar-refractivity contribution in [1.29, 1.82) is 0 Å². The van der Waals surface area contributed by atoms with Gasteiger partial charge >= 0.3 is 0 Å². The maximum Gasteiger partial charge on any atom is 0.0567 e. The summed E-state index contributed by atoms with van der Waals surface area (Å²) in [5.41, 5.74) is 1.13. The van der Waals surface area contributed by atoms with Crippen molar-refractivity contribution in [3.8, 4) is 0 Å². The van der Waals surface area contributed by atoms with Crippen LogP contribution in [0.15, 0.2) is 48.0 Å². The van der Waals surface area contributed by atoms with Crippen LogP contribution in [0, 0.1) is 0 Å². The number of aliphatic imine (C=N–C) groups is 1. The molecule has 0 aromatic heterocycles. The molecule has 1 rings (SSSR count). The van der Waals surface area contributed by atoms with Crippen LogP contribution in [-0.4, -0.2) is 12.8 Å². The first-order chi connectivity index (χ1) is 5.43. The van der Waals surface area contributed by atoms with Crippen molar-refractivity contribution >= 4 is 6.21 Å². The van der Waals surface area contributed by atoms with Gasteiger partial charge in [0.05, 0.1) is 6.54 Å². The van der Waals surface area contributed by atoms with E-state index in [4.69, 9.17) is 0 Å². The van der Waals surface area contributed by atoms with Crippen LogP contribution in [0.5, 0.6) is 0 Å². The second-order valence-corrected chi connectivity index (χ2v) is 2.19. The van der Waals surface area contributed by atoms with Gasteiger partial charge in [0, 0.05) is 6.21 Å². The molecular formula is C10H11N. The van der Waals surface area contributed by atoms with Gasteiger partial charge in [0.15, 0.2) is 0 Å². The number of rotatable bonds is 3. The predicted molar refractivity (Wildman–Crippen MR) is 49.1 cm³/mol. The Hall–Kier alpha value is -1.37. The Morgan fingerprint density at radius 3 is 2.64 bits per heavy atom. The van der Waals surface area contributed by atoms with Crippen LogP contribution in [0.3, 0.4) is 0 Å². The average Bonchev–Trinajstić information content (AvgIpc) is 2.07. The smallest absolute Gasteiger partial charge is 0.0567 e. The van der Waals surface area contributed by atoms with E-state index in [0.29, 0.717) is 6.54 Å². The Morgan fingerprint density at radius 2 is 2.00 bits per heavy atom. The third kappa shape index (κ3) is 2.80. The lowest BCUT2D eigenvalue weighted by Crippen LogP contribution is -1.79. The lowest BCUT2D eigenvalue weighted by Gasteiger charge is -1.88. The maximum atomic E-state index is 4.12. The molecule has 1 aromatic carbocycles. The Balaban J connectivity index is 2.57. The molecule has 56 valence electrons. The van der Waals surface area contributed by atoms with Gasteiger partial charge in [0.1, 0.15) is 0 Å². The lowest BCUT2D eigenvalue weighted by molar-refractivity contribution is 1.26. The number of benzene rings is 1. The van der Waals surface area contributed by atoms with Gasteiger partial charge in [0.25, 0.3) is 0 Å². The maximum absolute atomic E-state index is 4.12. The number of nitrogens with zero attached hydrogens (tertiary/aromatic N) is 1. The summed E-state index contributed by atoms with van der Waals surface area (Å²) < 4.78 is 0. The zero-order valence-electron chi connectivity index (χ0n) is 6.40. The van der Waals surface area contributed by atoms with Crippen molar-refractivity contribution in [1.82, 2.24) is 0 Å². The molecule has 1 heteroatoms. The van der Waals surface area contributed by atoms with Crippen molar-refractivity contribution in [2.45, 2.75) is 0 Å². The summed E-state index contributed by atoms with van der Waals surface area (Å²) in [7, 11) is 0. The molecule has 0 bridgehead atoms. The van der Waals surface area contributed by atoms with E-state index in [2.05, 4.69) is 11.6 Å². The molecule has 1 aromatic rings. The fourth-order valence-electron chi connectivity index (χ4n) is 0.772. The third-order valence-corrected chi connectivity index (χ3v) is 1.27. The molecule has 0 heterocycles. The summed E-state index contributed by atoms with van der Waals surface area (Å²) >= 11 is 0. The SMILES string of the molecule is C=CC/N=C\c1ccccc1. The molecule has 0 N–H and O–H groups in total. The van der Waals surface area contributed by atoms with Crippen LogP contribution >= 0.6 is 0 Å².